The molecule has 2 aliphatic rings. The Morgan fingerprint density at radius 2 is 1.62 bits per heavy atom. The van der Waals surface area contributed by atoms with Gasteiger partial charge in [0, 0.05) is 17.6 Å². The number of nitrogens with zero attached hydrogens (tertiary/aromatic N) is 1. The van der Waals surface area contributed by atoms with Crippen molar-refractivity contribution in [2.45, 2.75) is 70.4 Å². The number of benzene rings is 1. The van der Waals surface area contributed by atoms with Crippen molar-refractivity contribution in [3.05, 3.63) is 35.4 Å². The SMILES string of the molecule is CCc1ccc(C(=O)N(C2CC2)[C@H]2CC[C@H](CCOC(N)=O)CC2)cc1. The molecule has 142 valence electrons. The van der Waals surface area contributed by atoms with Crippen LogP contribution in [-0.2, 0) is 11.2 Å². The van der Waals surface area contributed by atoms with Crippen molar-refractivity contribution in [2.24, 2.45) is 11.7 Å². The number of hydrogen-bond donors (Lipinski definition) is 1. The lowest BCUT2D eigenvalue weighted by Gasteiger charge is -2.37. The molecule has 2 saturated carbocycles. The second kappa shape index (κ2) is 8.56. The first-order chi connectivity index (χ1) is 12.6. The molecule has 0 bridgehead atoms. The average Bonchev–Trinajstić information content (AvgIpc) is 3.48. The zero-order valence-electron chi connectivity index (χ0n) is 15.7. The summed E-state index contributed by atoms with van der Waals surface area (Å²) in [5.74, 6) is 0.751. The molecule has 5 heteroatoms. The van der Waals surface area contributed by atoms with Crippen molar-refractivity contribution in [1.29, 1.82) is 0 Å². The largest absolute Gasteiger partial charge is 0.450 e. The molecule has 5 nitrogen and oxygen atoms in total. The van der Waals surface area contributed by atoms with Crippen LogP contribution in [0.15, 0.2) is 24.3 Å². The molecule has 2 aliphatic carbocycles. The number of nitrogens with two attached hydrogens (primary N) is 1. The van der Waals surface area contributed by atoms with Crippen LogP contribution in [0.2, 0.25) is 0 Å². The molecule has 2 fully saturated rings. The fourth-order valence-electron chi connectivity index (χ4n) is 4.05. The average molecular weight is 358 g/mol. The van der Waals surface area contributed by atoms with Crippen LogP contribution in [0.4, 0.5) is 4.79 Å². The zero-order valence-corrected chi connectivity index (χ0v) is 15.7. The van der Waals surface area contributed by atoms with E-state index in [1.165, 1.54) is 5.56 Å². The molecule has 2 N–H and O–H groups in total. The molecule has 0 heterocycles. The Kier molecular flexibility index (Phi) is 6.17. The fourth-order valence-corrected chi connectivity index (χ4v) is 4.05. The maximum absolute atomic E-state index is 13.1. The second-order valence-electron chi connectivity index (χ2n) is 7.62. The lowest BCUT2D eigenvalue weighted by molar-refractivity contribution is 0.0574. The van der Waals surface area contributed by atoms with Gasteiger partial charge in [-0.1, -0.05) is 19.1 Å². The van der Waals surface area contributed by atoms with Gasteiger partial charge in [0.1, 0.15) is 0 Å². The quantitative estimate of drug-likeness (QED) is 0.803. The summed E-state index contributed by atoms with van der Waals surface area (Å²) in [6, 6.07) is 8.84. The van der Waals surface area contributed by atoms with Crippen LogP contribution >= 0.6 is 0 Å². The Morgan fingerprint density at radius 3 is 2.12 bits per heavy atom. The summed E-state index contributed by atoms with van der Waals surface area (Å²) in [7, 11) is 0. The highest BCUT2D eigenvalue weighted by atomic mass is 16.5. The highest BCUT2D eigenvalue weighted by Gasteiger charge is 2.39. The number of carbonyl (C=O) groups excluding carboxylic acids is 2. The number of aryl methyl sites for hydroxylation is 1. The number of hydrogen-bond acceptors (Lipinski definition) is 3. The van der Waals surface area contributed by atoms with Gasteiger partial charge in [-0.05, 0) is 75.0 Å². The van der Waals surface area contributed by atoms with E-state index in [9.17, 15) is 9.59 Å². The highest BCUT2D eigenvalue weighted by molar-refractivity contribution is 5.95. The third kappa shape index (κ3) is 4.77. The molecule has 1 aromatic carbocycles. The van der Waals surface area contributed by atoms with Crippen LogP contribution in [0.25, 0.3) is 0 Å². The van der Waals surface area contributed by atoms with Gasteiger partial charge in [0.05, 0.1) is 6.61 Å². The summed E-state index contributed by atoms with van der Waals surface area (Å²) in [6.07, 6.45) is 7.66. The fraction of sp³-hybridized carbons (Fsp3) is 0.619. The molecular weight excluding hydrogens is 328 g/mol. The zero-order chi connectivity index (χ0) is 18.5. The topological polar surface area (TPSA) is 72.6 Å². The van der Waals surface area contributed by atoms with E-state index in [4.69, 9.17) is 10.5 Å². The van der Waals surface area contributed by atoms with Gasteiger partial charge in [0.25, 0.3) is 5.91 Å². The molecule has 2 amide bonds. The maximum Gasteiger partial charge on any atom is 0.404 e. The molecule has 26 heavy (non-hydrogen) atoms. The monoisotopic (exact) mass is 358 g/mol. The second-order valence-corrected chi connectivity index (χ2v) is 7.62. The summed E-state index contributed by atoms with van der Waals surface area (Å²) >= 11 is 0. The minimum atomic E-state index is -0.696. The predicted molar refractivity (Wildman–Crippen MR) is 101 cm³/mol. The smallest absolute Gasteiger partial charge is 0.404 e. The molecule has 0 unspecified atom stereocenters. The minimum Gasteiger partial charge on any atom is -0.450 e. The van der Waals surface area contributed by atoms with Crippen molar-refractivity contribution in [3.8, 4) is 0 Å². The summed E-state index contributed by atoms with van der Waals surface area (Å²) in [4.78, 5) is 25.9. The maximum atomic E-state index is 13.1. The van der Waals surface area contributed by atoms with Crippen LogP contribution in [0.5, 0.6) is 0 Å². The number of amides is 2. The van der Waals surface area contributed by atoms with Crippen LogP contribution in [0.1, 0.15) is 67.8 Å². The van der Waals surface area contributed by atoms with Gasteiger partial charge in [0.2, 0.25) is 0 Å². The molecule has 0 aromatic heterocycles. The molecule has 0 aliphatic heterocycles. The van der Waals surface area contributed by atoms with Gasteiger partial charge in [0.15, 0.2) is 0 Å². The van der Waals surface area contributed by atoms with E-state index in [1.54, 1.807) is 0 Å². The lowest BCUT2D eigenvalue weighted by Crippen LogP contribution is -2.44. The van der Waals surface area contributed by atoms with Gasteiger partial charge in [-0.2, -0.15) is 0 Å². The van der Waals surface area contributed by atoms with Crippen LogP contribution in [-0.4, -0.2) is 35.6 Å². The number of rotatable bonds is 7. The van der Waals surface area contributed by atoms with Gasteiger partial charge in [-0.15, -0.1) is 0 Å². The Hall–Kier alpha value is -2.04. The van der Waals surface area contributed by atoms with Crippen LogP contribution in [0.3, 0.4) is 0 Å². The Bertz CT molecular complexity index is 617. The van der Waals surface area contributed by atoms with Crippen molar-refractivity contribution >= 4 is 12.0 Å². The summed E-state index contributed by atoms with van der Waals surface area (Å²) in [5.41, 5.74) is 7.08. The van der Waals surface area contributed by atoms with E-state index in [-0.39, 0.29) is 5.91 Å². The van der Waals surface area contributed by atoms with E-state index >= 15 is 0 Å². The van der Waals surface area contributed by atoms with Gasteiger partial charge in [-0.25, -0.2) is 4.79 Å². The van der Waals surface area contributed by atoms with E-state index in [0.29, 0.717) is 24.6 Å². The normalized spacial score (nSPS) is 22.7. The Balaban J connectivity index is 1.57. The predicted octanol–water partition coefficient (Wildman–Crippen LogP) is 3.90. The number of ether oxygens (including phenoxy) is 1. The first-order valence-corrected chi connectivity index (χ1v) is 9.92. The molecule has 3 rings (SSSR count). The van der Waals surface area contributed by atoms with E-state index in [0.717, 1.165) is 56.9 Å². The highest BCUT2D eigenvalue weighted by Crippen LogP contribution is 2.37. The van der Waals surface area contributed by atoms with E-state index in [1.807, 2.05) is 12.1 Å². The lowest BCUT2D eigenvalue weighted by atomic mass is 9.83. The third-order valence-corrected chi connectivity index (χ3v) is 5.76. The van der Waals surface area contributed by atoms with Crippen LogP contribution in [0, 0.1) is 5.92 Å². The standard InChI is InChI=1S/C21H30N2O3/c1-2-15-3-7-17(8-4-15)20(24)23(19-11-12-19)18-9-5-16(6-10-18)13-14-26-21(22)25/h3-4,7-8,16,18-19H,2,5-6,9-14H2,1H3,(H2,22,25)/t16-,18-. The van der Waals surface area contributed by atoms with Gasteiger partial charge in [-0.3, -0.25) is 4.79 Å². The molecule has 0 radical (unpaired) electrons. The van der Waals surface area contributed by atoms with Crippen molar-refractivity contribution in [3.63, 3.8) is 0 Å². The summed E-state index contributed by atoms with van der Waals surface area (Å²) in [6.45, 7) is 2.53. The molecule has 0 spiro atoms. The molecule has 1 aromatic rings. The number of carbonyl (C=O) groups is 2. The molecule has 0 atom stereocenters. The Labute approximate surface area is 155 Å². The molecule has 0 saturated heterocycles. The Morgan fingerprint density at radius 1 is 1.04 bits per heavy atom. The van der Waals surface area contributed by atoms with Gasteiger partial charge >= 0.3 is 6.09 Å². The summed E-state index contributed by atoms with van der Waals surface area (Å²) in [5, 5.41) is 0. The first-order valence-electron chi connectivity index (χ1n) is 9.92. The van der Waals surface area contributed by atoms with Crippen molar-refractivity contribution in [2.75, 3.05) is 6.61 Å². The number of primary amides is 1. The van der Waals surface area contributed by atoms with Crippen molar-refractivity contribution < 1.29 is 14.3 Å². The minimum absolute atomic E-state index is 0.190. The summed E-state index contributed by atoms with van der Waals surface area (Å²) < 4.78 is 4.86. The van der Waals surface area contributed by atoms with E-state index in [2.05, 4.69) is 24.0 Å². The van der Waals surface area contributed by atoms with Crippen LogP contribution < -0.4 is 5.73 Å². The third-order valence-electron chi connectivity index (χ3n) is 5.76. The molecular formula is C21H30N2O3. The first kappa shape index (κ1) is 18.7. The van der Waals surface area contributed by atoms with Crippen molar-refractivity contribution in [1.82, 2.24) is 4.90 Å². The van der Waals surface area contributed by atoms with Gasteiger partial charge < -0.3 is 15.4 Å². The van der Waals surface area contributed by atoms with E-state index < -0.39 is 6.09 Å².